The highest BCUT2D eigenvalue weighted by Gasteiger charge is 2.25. The standard InChI is InChI=1S/C60H40N4/c1-4-18-39(19-5-1)40-36-43(63-55-30-16-12-26-47(55)51-34-32-49-45-24-10-14-28-53(45)61(57(49)59(51)63)41-20-6-2-7-21-41)38-44(37-40)64-56-31-17-13-27-48(56)52-35-33-50-46-25-11-15-29-54(46)62(58(50)60(52)64)42-22-8-3-9-23-42/h1-4,6-18,20-38H,5,19H2. The summed E-state index contributed by atoms with van der Waals surface area (Å²) in [5, 5.41) is 9.93. The van der Waals surface area contributed by atoms with E-state index >= 15 is 0 Å². The van der Waals surface area contributed by atoms with Crippen LogP contribution in [-0.4, -0.2) is 18.3 Å². The number of rotatable bonds is 5. The van der Waals surface area contributed by atoms with E-state index in [0.29, 0.717) is 0 Å². The molecular weight excluding hydrogens is 777 g/mol. The van der Waals surface area contributed by atoms with Gasteiger partial charge in [-0.25, -0.2) is 0 Å². The summed E-state index contributed by atoms with van der Waals surface area (Å²) in [6, 6.07) is 74.1. The van der Waals surface area contributed by atoms with E-state index in [0.717, 1.165) is 35.6 Å². The van der Waals surface area contributed by atoms with Gasteiger partial charge >= 0.3 is 0 Å². The summed E-state index contributed by atoms with van der Waals surface area (Å²) in [6.07, 6.45) is 8.84. The van der Waals surface area contributed by atoms with E-state index in [9.17, 15) is 0 Å². The first-order valence-electron chi connectivity index (χ1n) is 22.3. The lowest BCUT2D eigenvalue weighted by atomic mass is 9.96. The number of nitrogens with zero attached hydrogens (tertiary/aromatic N) is 4. The number of para-hydroxylation sites is 6. The third-order valence-corrected chi connectivity index (χ3v) is 13.8. The maximum absolute atomic E-state index is 2.56. The monoisotopic (exact) mass is 816 g/mol. The minimum Gasteiger partial charge on any atom is -0.307 e. The molecule has 4 aromatic heterocycles. The average Bonchev–Trinajstić information content (AvgIpc) is 4.10. The first kappa shape index (κ1) is 35.3. The Morgan fingerprint density at radius 1 is 0.297 bits per heavy atom. The lowest BCUT2D eigenvalue weighted by Gasteiger charge is -2.19. The summed E-state index contributed by atoms with van der Waals surface area (Å²) in [4.78, 5) is 0. The molecule has 1 aliphatic carbocycles. The maximum Gasteiger partial charge on any atom is 0.0788 e. The number of hydrogen-bond donors (Lipinski definition) is 0. The maximum atomic E-state index is 2.56. The van der Waals surface area contributed by atoms with E-state index < -0.39 is 0 Å². The summed E-state index contributed by atoms with van der Waals surface area (Å²) < 4.78 is 10.1. The third-order valence-electron chi connectivity index (χ3n) is 13.8. The third kappa shape index (κ3) is 4.93. The number of hydrogen-bond acceptors (Lipinski definition) is 0. The van der Waals surface area contributed by atoms with Crippen molar-refractivity contribution in [1.29, 1.82) is 0 Å². The summed E-state index contributed by atoms with van der Waals surface area (Å²) in [6.45, 7) is 0. The normalized spacial score (nSPS) is 13.2. The fourth-order valence-corrected chi connectivity index (χ4v) is 11.1. The van der Waals surface area contributed by atoms with E-state index in [-0.39, 0.29) is 0 Å². The minimum absolute atomic E-state index is 0.985. The number of fused-ring (bicyclic) bond motifs is 14. The van der Waals surface area contributed by atoms with Crippen LogP contribution >= 0.6 is 0 Å². The molecule has 4 heteroatoms. The van der Waals surface area contributed by atoms with Gasteiger partial charge in [-0.05, 0) is 90.7 Å². The molecule has 9 aromatic carbocycles. The van der Waals surface area contributed by atoms with E-state index in [2.05, 4.69) is 237 Å². The molecule has 13 aromatic rings. The predicted molar refractivity (Wildman–Crippen MR) is 270 cm³/mol. The number of aromatic nitrogens is 4. The van der Waals surface area contributed by atoms with Crippen LogP contribution in [0.3, 0.4) is 0 Å². The Labute approximate surface area is 369 Å². The zero-order valence-corrected chi connectivity index (χ0v) is 35.0. The topological polar surface area (TPSA) is 19.7 Å². The van der Waals surface area contributed by atoms with Crippen molar-refractivity contribution < 1.29 is 0 Å². The second-order valence-corrected chi connectivity index (χ2v) is 17.2. The molecule has 64 heavy (non-hydrogen) atoms. The molecule has 4 nitrogen and oxygen atoms in total. The van der Waals surface area contributed by atoms with Crippen molar-refractivity contribution in [2.45, 2.75) is 12.8 Å². The molecule has 0 amide bonds. The molecule has 0 bridgehead atoms. The summed E-state index contributed by atoms with van der Waals surface area (Å²) in [5.41, 5.74) is 16.7. The summed E-state index contributed by atoms with van der Waals surface area (Å²) in [7, 11) is 0. The minimum atomic E-state index is 0.985. The van der Waals surface area contributed by atoms with Crippen molar-refractivity contribution in [3.05, 3.63) is 224 Å². The molecule has 0 saturated carbocycles. The van der Waals surface area contributed by atoms with Crippen LogP contribution in [-0.2, 0) is 0 Å². The molecule has 4 heterocycles. The van der Waals surface area contributed by atoms with Gasteiger partial charge in [-0.3, -0.25) is 0 Å². The van der Waals surface area contributed by atoms with E-state index in [4.69, 9.17) is 0 Å². The second-order valence-electron chi connectivity index (χ2n) is 17.2. The van der Waals surface area contributed by atoms with Gasteiger partial charge in [-0.1, -0.05) is 152 Å². The van der Waals surface area contributed by atoms with Crippen molar-refractivity contribution >= 4 is 92.8 Å². The smallest absolute Gasteiger partial charge is 0.0788 e. The van der Waals surface area contributed by atoms with Crippen molar-refractivity contribution in [3.8, 4) is 22.7 Å². The predicted octanol–water partition coefficient (Wildman–Crippen LogP) is 15.8. The molecule has 0 atom stereocenters. The molecule has 0 fully saturated rings. The summed E-state index contributed by atoms with van der Waals surface area (Å²) >= 11 is 0. The van der Waals surface area contributed by atoms with Crippen molar-refractivity contribution in [2.24, 2.45) is 0 Å². The quantitative estimate of drug-likeness (QED) is 0.165. The highest BCUT2D eigenvalue weighted by molar-refractivity contribution is 6.25. The van der Waals surface area contributed by atoms with Crippen LogP contribution in [0, 0.1) is 0 Å². The van der Waals surface area contributed by atoms with Crippen LogP contribution in [0.4, 0.5) is 0 Å². The Morgan fingerprint density at radius 2 is 0.641 bits per heavy atom. The Kier molecular flexibility index (Phi) is 7.48. The van der Waals surface area contributed by atoms with Crippen LogP contribution in [0.1, 0.15) is 18.4 Å². The first-order chi connectivity index (χ1) is 31.8. The number of allylic oxidation sites excluding steroid dienone is 4. The van der Waals surface area contributed by atoms with Crippen molar-refractivity contribution in [2.75, 3.05) is 0 Å². The molecule has 0 radical (unpaired) electrons. The molecular formula is C60H40N4. The lowest BCUT2D eigenvalue weighted by Crippen LogP contribution is -2.03. The summed E-state index contributed by atoms with van der Waals surface area (Å²) in [5.74, 6) is 0. The molecule has 300 valence electrons. The Hall–Kier alpha value is -8.34. The molecule has 14 rings (SSSR count). The zero-order valence-electron chi connectivity index (χ0n) is 35.0. The molecule has 0 unspecified atom stereocenters. The van der Waals surface area contributed by atoms with E-state index in [1.807, 2.05) is 0 Å². The van der Waals surface area contributed by atoms with Crippen LogP contribution in [0.15, 0.2) is 218 Å². The van der Waals surface area contributed by atoms with Gasteiger partial charge in [0.1, 0.15) is 0 Å². The van der Waals surface area contributed by atoms with Crippen LogP contribution < -0.4 is 0 Å². The van der Waals surface area contributed by atoms with Crippen molar-refractivity contribution in [3.63, 3.8) is 0 Å². The molecule has 0 saturated heterocycles. The van der Waals surface area contributed by atoms with Gasteiger partial charge in [0.15, 0.2) is 0 Å². The van der Waals surface area contributed by atoms with Gasteiger partial charge in [0.05, 0.1) is 44.1 Å². The SMILES string of the molecule is C1=CCCC(c2cc(-n3c4ccccc4c4ccc5c6ccccc6n(-c6ccccc6)c5c43)cc(-n3c4ccccc4c4ccc5c6ccccc6n(-c6ccccc6)c5c43)c2)=C1. The Bertz CT molecular complexity index is 3860. The Morgan fingerprint density at radius 3 is 1.00 bits per heavy atom. The van der Waals surface area contributed by atoms with Gasteiger partial charge < -0.3 is 18.3 Å². The molecule has 0 N–H and O–H groups in total. The lowest BCUT2D eigenvalue weighted by molar-refractivity contribution is 1.05. The fourth-order valence-electron chi connectivity index (χ4n) is 11.1. The zero-order chi connectivity index (χ0) is 41.9. The van der Waals surface area contributed by atoms with Crippen molar-refractivity contribution in [1.82, 2.24) is 18.3 Å². The van der Waals surface area contributed by atoms with E-state index in [1.165, 1.54) is 98.4 Å². The molecule has 0 spiro atoms. The van der Waals surface area contributed by atoms with Gasteiger partial charge in [0.25, 0.3) is 0 Å². The average molecular weight is 817 g/mol. The first-order valence-corrected chi connectivity index (χ1v) is 22.3. The Balaban J connectivity index is 1.17. The van der Waals surface area contributed by atoms with Gasteiger partial charge in [0.2, 0.25) is 0 Å². The fraction of sp³-hybridized carbons (Fsp3) is 0.0333. The van der Waals surface area contributed by atoms with Gasteiger partial charge in [-0.2, -0.15) is 0 Å². The largest absolute Gasteiger partial charge is 0.307 e. The number of benzene rings is 9. The van der Waals surface area contributed by atoms with Crippen LogP contribution in [0.2, 0.25) is 0 Å². The molecule has 0 aliphatic heterocycles. The van der Waals surface area contributed by atoms with E-state index in [1.54, 1.807) is 0 Å². The highest BCUT2D eigenvalue weighted by Crippen LogP contribution is 2.45. The van der Waals surface area contributed by atoms with Crippen LogP contribution in [0.25, 0.3) is 116 Å². The van der Waals surface area contributed by atoms with Gasteiger partial charge in [0, 0.05) is 65.8 Å². The molecule has 1 aliphatic rings. The second kappa shape index (κ2) is 13.6. The highest BCUT2D eigenvalue weighted by atomic mass is 15.1. The van der Waals surface area contributed by atoms with Gasteiger partial charge in [-0.15, -0.1) is 0 Å². The van der Waals surface area contributed by atoms with Crippen LogP contribution in [0.5, 0.6) is 0 Å².